The number of nitrogens with two attached hydrogens (primary N) is 1. The Hall–Kier alpha value is -2.71. The van der Waals surface area contributed by atoms with Gasteiger partial charge in [-0.05, 0) is 18.9 Å². The van der Waals surface area contributed by atoms with Crippen molar-refractivity contribution >= 4 is 17.5 Å². The first kappa shape index (κ1) is 13.3. The number of nitrogens with zero attached hydrogens (tertiary/aromatic N) is 6. The lowest BCUT2D eigenvalue weighted by Gasteiger charge is -2.32. The molecule has 9 nitrogen and oxygen atoms in total. The second-order valence-electron chi connectivity index (χ2n) is 4.90. The third-order valence-corrected chi connectivity index (χ3v) is 3.63. The van der Waals surface area contributed by atoms with Crippen molar-refractivity contribution in [3.63, 3.8) is 0 Å². The molecule has 9 heteroatoms. The molecule has 1 fully saturated rings. The third-order valence-electron chi connectivity index (χ3n) is 3.63. The summed E-state index contributed by atoms with van der Waals surface area (Å²) in [5, 5.41) is 15.0. The summed E-state index contributed by atoms with van der Waals surface area (Å²) in [7, 11) is 0. The molecule has 0 atom stereocenters. The Labute approximate surface area is 120 Å². The van der Waals surface area contributed by atoms with Crippen molar-refractivity contribution in [2.75, 3.05) is 23.7 Å². The number of nitro groups is 1. The van der Waals surface area contributed by atoms with Crippen molar-refractivity contribution in [2.24, 2.45) is 0 Å². The van der Waals surface area contributed by atoms with Crippen LogP contribution in [0.3, 0.4) is 0 Å². The van der Waals surface area contributed by atoms with Gasteiger partial charge in [0.25, 0.3) is 0 Å². The van der Waals surface area contributed by atoms with Gasteiger partial charge in [-0.3, -0.25) is 14.8 Å². The SMILES string of the molecule is Nc1nc(N2CCC(n3cccn3)CC2)ncc1[N+](=O)[O-]. The van der Waals surface area contributed by atoms with Crippen LogP contribution in [0.25, 0.3) is 0 Å². The zero-order valence-electron chi connectivity index (χ0n) is 11.3. The number of rotatable bonds is 3. The van der Waals surface area contributed by atoms with Crippen LogP contribution in [-0.2, 0) is 0 Å². The van der Waals surface area contributed by atoms with E-state index in [9.17, 15) is 10.1 Å². The molecule has 0 radical (unpaired) electrons. The van der Waals surface area contributed by atoms with Crippen LogP contribution in [0.5, 0.6) is 0 Å². The summed E-state index contributed by atoms with van der Waals surface area (Å²) in [6.45, 7) is 1.53. The molecule has 0 saturated carbocycles. The lowest BCUT2D eigenvalue weighted by atomic mass is 10.1. The molecule has 1 aliphatic rings. The van der Waals surface area contributed by atoms with Crippen molar-refractivity contribution in [1.29, 1.82) is 0 Å². The van der Waals surface area contributed by atoms with Crippen molar-refractivity contribution in [1.82, 2.24) is 19.7 Å². The summed E-state index contributed by atoms with van der Waals surface area (Å²) < 4.78 is 1.96. The standard InChI is InChI=1S/C12H15N7O2/c13-11-10(19(20)21)8-14-12(16-11)17-6-2-9(3-7-17)18-5-1-4-15-18/h1,4-5,8-9H,2-3,6-7H2,(H2,13,14,16). The van der Waals surface area contributed by atoms with Gasteiger partial charge >= 0.3 is 5.69 Å². The predicted octanol–water partition coefficient (Wildman–Crippen LogP) is 1.01. The van der Waals surface area contributed by atoms with Crippen LogP contribution in [0, 0.1) is 10.1 Å². The van der Waals surface area contributed by atoms with Gasteiger partial charge in [-0.1, -0.05) is 0 Å². The highest BCUT2D eigenvalue weighted by Crippen LogP contribution is 2.26. The lowest BCUT2D eigenvalue weighted by Crippen LogP contribution is -2.36. The van der Waals surface area contributed by atoms with Crippen LogP contribution in [0.2, 0.25) is 0 Å². The fourth-order valence-electron chi connectivity index (χ4n) is 2.50. The van der Waals surface area contributed by atoms with Crippen molar-refractivity contribution < 1.29 is 4.92 Å². The molecule has 0 spiro atoms. The number of anilines is 2. The van der Waals surface area contributed by atoms with E-state index in [1.54, 1.807) is 6.20 Å². The molecule has 110 valence electrons. The molecule has 0 amide bonds. The highest BCUT2D eigenvalue weighted by molar-refractivity contribution is 5.53. The minimum absolute atomic E-state index is 0.0980. The van der Waals surface area contributed by atoms with Gasteiger partial charge in [0.2, 0.25) is 11.8 Å². The first-order valence-corrected chi connectivity index (χ1v) is 6.66. The molecule has 3 rings (SSSR count). The summed E-state index contributed by atoms with van der Waals surface area (Å²) in [5.74, 6) is 0.344. The van der Waals surface area contributed by atoms with Gasteiger partial charge in [-0.2, -0.15) is 10.1 Å². The quantitative estimate of drug-likeness (QED) is 0.661. The molecule has 1 saturated heterocycles. The molecule has 2 aromatic rings. The number of hydrogen-bond acceptors (Lipinski definition) is 7. The zero-order valence-corrected chi connectivity index (χ0v) is 11.3. The second kappa shape index (κ2) is 5.35. The molecule has 2 N–H and O–H groups in total. The van der Waals surface area contributed by atoms with Gasteiger partial charge in [0.15, 0.2) is 0 Å². The molecule has 21 heavy (non-hydrogen) atoms. The normalized spacial score (nSPS) is 16.1. The molecule has 0 unspecified atom stereocenters. The molecular weight excluding hydrogens is 274 g/mol. The summed E-state index contributed by atoms with van der Waals surface area (Å²) in [5.41, 5.74) is 5.34. The Kier molecular flexibility index (Phi) is 3.38. The Balaban J connectivity index is 1.69. The first-order valence-electron chi connectivity index (χ1n) is 6.66. The molecule has 3 heterocycles. The van der Waals surface area contributed by atoms with Gasteiger partial charge in [0.1, 0.15) is 6.20 Å². The van der Waals surface area contributed by atoms with Gasteiger partial charge < -0.3 is 10.6 Å². The second-order valence-corrected chi connectivity index (χ2v) is 4.90. The minimum Gasteiger partial charge on any atom is -0.378 e. The largest absolute Gasteiger partial charge is 0.378 e. The van der Waals surface area contributed by atoms with E-state index in [0.29, 0.717) is 12.0 Å². The summed E-state index contributed by atoms with van der Waals surface area (Å²) in [4.78, 5) is 20.2. The minimum atomic E-state index is -0.580. The first-order chi connectivity index (χ1) is 10.1. The van der Waals surface area contributed by atoms with E-state index in [-0.39, 0.29) is 11.5 Å². The van der Waals surface area contributed by atoms with Gasteiger partial charge in [0.05, 0.1) is 11.0 Å². The van der Waals surface area contributed by atoms with Crippen molar-refractivity contribution in [3.05, 3.63) is 34.8 Å². The Morgan fingerprint density at radius 3 is 2.71 bits per heavy atom. The molecule has 1 aliphatic heterocycles. The smallest absolute Gasteiger partial charge is 0.329 e. The van der Waals surface area contributed by atoms with Gasteiger partial charge in [0, 0.05) is 25.5 Å². The van der Waals surface area contributed by atoms with Gasteiger partial charge in [-0.25, -0.2) is 4.98 Å². The highest BCUT2D eigenvalue weighted by atomic mass is 16.6. The Morgan fingerprint density at radius 2 is 2.14 bits per heavy atom. The Morgan fingerprint density at radius 1 is 1.38 bits per heavy atom. The van der Waals surface area contributed by atoms with Crippen molar-refractivity contribution in [3.8, 4) is 0 Å². The maximum Gasteiger partial charge on any atom is 0.329 e. The number of piperidine rings is 1. The zero-order chi connectivity index (χ0) is 14.8. The monoisotopic (exact) mass is 289 g/mol. The highest BCUT2D eigenvalue weighted by Gasteiger charge is 2.24. The number of aromatic nitrogens is 4. The fourth-order valence-corrected chi connectivity index (χ4v) is 2.50. The topological polar surface area (TPSA) is 116 Å². The van der Waals surface area contributed by atoms with E-state index >= 15 is 0 Å². The van der Waals surface area contributed by atoms with Crippen LogP contribution in [0.4, 0.5) is 17.5 Å². The van der Waals surface area contributed by atoms with E-state index in [4.69, 9.17) is 5.73 Å². The predicted molar refractivity (Wildman–Crippen MR) is 75.8 cm³/mol. The third kappa shape index (κ3) is 2.62. The van der Waals surface area contributed by atoms with E-state index in [1.807, 2.05) is 21.8 Å². The maximum atomic E-state index is 10.7. The van der Waals surface area contributed by atoms with E-state index in [1.165, 1.54) is 0 Å². The van der Waals surface area contributed by atoms with Gasteiger partial charge in [-0.15, -0.1) is 0 Å². The van der Waals surface area contributed by atoms with E-state index in [0.717, 1.165) is 32.1 Å². The van der Waals surface area contributed by atoms with Crippen LogP contribution in [0.1, 0.15) is 18.9 Å². The van der Waals surface area contributed by atoms with E-state index < -0.39 is 4.92 Å². The van der Waals surface area contributed by atoms with Crippen LogP contribution < -0.4 is 10.6 Å². The Bertz CT molecular complexity index is 635. The molecule has 0 aromatic carbocycles. The summed E-state index contributed by atoms with van der Waals surface area (Å²) in [6.07, 6.45) is 6.73. The van der Waals surface area contributed by atoms with E-state index in [2.05, 4.69) is 15.1 Å². The fraction of sp³-hybridized carbons (Fsp3) is 0.417. The van der Waals surface area contributed by atoms with Crippen molar-refractivity contribution in [2.45, 2.75) is 18.9 Å². The lowest BCUT2D eigenvalue weighted by molar-refractivity contribution is -0.384. The summed E-state index contributed by atoms with van der Waals surface area (Å²) >= 11 is 0. The average molecular weight is 289 g/mol. The van der Waals surface area contributed by atoms with Crippen LogP contribution in [0.15, 0.2) is 24.7 Å². The summed E-state index contributed by atoms with van der Waals surface area (Å²) in [6, 6.07) is 2.28. The number of nitrogen functional groups attached to an aromatic ring is 1. The maximum absolute atomic E-state index is 10.7. The molecular formula is C12H15N7O2. The van der Waals surface area contributed by atoms with Crippen LogP contribution in [-0.4, -0.2) is 37.8 Å². The molecule has 0 bridgehead atoms. The van der Waals surface area contributed by atoms with Crippen LogP contribution >= 0.6 is 0 Å². The molecule has 2 aromatic heterocycles. The molecule has 0 aliphatic carbocycles. The average Bonchev–Trinajstić information content (AvgIpc) is 3.01. The number of hydrogen-bond donors (Lipinski definition) is 1.